The van der Waals surface area contributed by atoms with Gasteiger partial charge in [-0.15, -0.1) is 0 Å². The lowest BCUT2D eigenvalue weighted by Gasteiger charge is -2.16. The maximum Gasteiger partial charge on any atom is 0.0789 e. The van der Waals surface area contributed by atoms with E-state index in [9.17, 15) is 0 Å². The van der Waals surface area contributed by atoms with E-state index in [1.165, 1.54) is 92.7 Å². The van der Waals surface area contributed by atoms with Gasteiger partial charge in [0.1, 0.15) is 0 Å². The zero-order valence-electron chi connectivity index (χ0n) is 27.2. The van der Waals surface area contributed by atoms with Crippen LogP contribution in [0.2, 0.25) is 0 Å². The summed E-state index contributed by atoms with van der Waals surface area (Å²) in [6.45, 7) is 0. The summed E-state index contributed by atoms with van der Waals surface area (Å²) in [5.41, 5.74) is 9.58. The minimum absolute atomic E-state index is 1.16. The molecule has 2 heteroatoms. The molecule has 0 atom stereocenters. The third-order valence-electron chi connectivity index (χ3n) is 10.7. The molecule has 0 spiro atoms. The number of fused-ring (bicyclic) bond motifs is 12. The Balaban J connectivity index is 1.27. The molecule has 2 aromatic heterocycles. The van der Waals surface area contributed by atoms with Crippen LogP contribution in [0.1, 0.15) is 0 Å². The first-order chi connectivity index (χ1) is 24.8. The smallest absolute Gasteiger partial charge is 0.0789 e. The predicted octanol–water partition coefficient (Wildman–Crippen LogP) is 13.0. The van der Waals surface area contributed by atoms with E-state index in [2.05, 4.69) is 191 Å². The van der Waals surface area contributed by atoms with Crippen molar-refractivity contribution in [1.29, 1.82) is 0 Å². The number of para-hydroxylation sites is 3. The molecule has 9 aromatic carbocycles. The number of nitrogens with zero attached hydrogens (tertiary/aromatic N) is 2. The molecule has 0 unspecified atom stereocenters. The topological polar surface area (TPSA) is 9.86 Å². The molecule has 0 amide bonds. The predicted molar refractivity (Wildman–Crippen MR) is 213 cm³/mol. The molecule has 0 N–H and O–H groups in total. The third-order valence-corrected chi connectivity index (χ3v) is 10.7. The molecule has 0 fully saturated rings. The van der Waals surface area contributed by atoms with Gasteiger partial charge in [-0.1, -0.05) is 152 Å². The van der Waals surface area contributed by atoms with Crippen LogP contribution >= 0.6 is 0 Å². The SMILES string of the molecule is c1ccc(-c2ccccc2-n2c3ccccc3c3ccc4c5ccccc5n(-c5ccc6c(ccc7c8ccccc8ccc67)c5)c4c32)cc1. The number of benzene rings is 9. The standard InChI is InChI=1S/C48H30N2/c1-2-12-31(13-3-1)37-16-6-9-19-44(37)50-46-21-11-8-18-41(46)43-29-28-42-40-17-7-10-20-45(40)49(47(42)48(43)50)34-24-27-36-33(30-34)23-26-38-35-15-5-4-14-32(35)22-25-39(36)38/h1-30H. The van der Waals surface area contributed by atoms with Crippen molar-refractivity contribution in [2.45, 2.75) is 0 Å². The molecule has 2 heterocycles. The van der Waals surface area contributed by atoms with Gasteiger partial charge in [0.25, 0.3) is 0 Å². The van der Waals surface area contributed by atoms with Gasteiger partial charge in [0, 0.05) is 32.8 Å². The lowest BCUT2D eigenvalue weighted by atomic mass is 9.97. The average molecular weight is 635 g/mol. The average Bonchev–Trinajstić information content (AvgIpc) is 3.71. The van der Waals surface area contributed by atoms with Crippen LogP contribution in [0.5, 0.6) is 0 Å². The molecule has 0 aliphatic heterocycles. The molecule has 0 bridgehead atoms. The van der Waals surface area contributed by atoms with Crippen LogP contribution < -0.4 is 0 Å². The molecule has 11 rings (SSSR count). The monoisotopic (exact) mass is 634 g/mol. The summed E-state index contributed by atoms with van der Waals surface area (Å²) in [4.78, 5) is 0. The quantitative estimate of drug-likeness (QED) is 0.171. The van der Waals surface area contributed by atoms with Crippen molar-refractivity contribution in [3.05, 3.63) is 182 Å². The number of hydrogen-bond acceptors (Lipinski definition) is 0. The van der Waals surface area contributed by atoms with Gasteiger partial charge >= 0.3 is 0 Å². The van der Waals surface area contributed by atoms with Gasteiger partial charge in [-0.2, -0.15) is 0 Å². The van der Waals surface area contributed by atoms with E-state index in [-0.39, 0.29) is 0 Å². The van der Waals surface area contributed by atoms with Crippen molar-refractivity contribution in [2.75, 3.05) is 0 Å². The van der Waals surface area contributed by atoms with Gasteiger partial charge in [0.05, 0.1) is 27.8 Å². The highest BCUT2D eigenvalue weighted by molar-refractivity contribution is 6.24. The Morgan fingerprint density at radius 1 is 0.300 bits per heavy atom. The fraction of sp³-hybridized carbons (Fsp3) is 0. The molecular weight excluding hydrogens is 605 g/mol. The van der Waals surface area contributed by atoms with Crippen LogP contribution in [0, 0.1) is 0 Å². The van der Waals surface area contributed by atoms with E-state index < -0.39 is 0 Å². The first-order valence-electron chi connectivity index (χ1n) is 17.3. The summed E-state index contributed by atoms with van der Waals surface area (Å²) < 4.78 is 5.00. The second-order valence-electron chi connectivity index (χ2n) is 13.3. The molecule has 0 radical (unpaired) electrons. The number of rotatable bonds is 3. The van der Waals surface area contributed by atoms with Crippen molar-refractivity contribution in [3.63, 3.8) is 0 Å². The van der Waals surface area contributed by atoms with Crippen molar-refractivity contribution < 1.29 is 0 Å². The van der Waals surface area contributed by atoms with Gasteiger partial charge < -0.3 is 9.13 Å². The van der Waals surface area contributed by atoms with Crippen molar-refractivity contribution >= 4 is 75.9 Å². The molecular formula is C48H30N2. The Morgan fingerprint density at radius 3 is 1.58 bits per heavy atom. The highest BCUT2D eigenvalue weighted by atomic mass is 15.0. The zero-order valence-corrected chi connectivity index (χ0v) is 27.2. The highest BCUT2D eigenvalue weighted by Gasteiger charge is 2.22. The van der Waals surface area contributed by atoms with E-state index in [0.29, 0.717) is 0 Å². The number of hydrogen-bond donors (Lipinski definition) is 0. The van der Waals surface area contributed by atoms with Gasteiger partial charge in [-0.25, -0.2) is 0 Å². The normalized spacial score (nSPS) is 12.0. The van der Waals surface area contributed by atoms with Crippen LogP contribution in [0.4, 0.5) is 0 Å². The van der Waals surface area contributed by atoms with E-state index in [1.807, 2.05) is 0 Å². The second-order valence-corrected chi connectivity index (χ2v) is 13.3. The van der Waals surface area contributed by atoms with Crippen molar-refractivity contribution in [2.24, 2.45) is 0 Å². The fourth-order valence-electron chi connectivity index (χ4n) is 8.51. The van der Waals surface area contributed by atoms with Crippen LogP contribution in [0.25, 0.3) is 98.4 Å². The van der Waals surface area contributed by atoms with Gasteiger partial charge in [-0.05, 0) is 68.2 Å². The third kappa shape index (κ3) is 3.79. The van der Waals surface area contributed by atoms with Gasteiger partial charge in [0.15, 0.2) is 0 Å². The summed E-state index contributed by atoms with van der Waals surface area (Å²) in [5, 5.41) is 12.7. The zero-order chi connectivity index (χ0) is 32.8. The minimum atomic E-state index is 1.16. The first-order valence-corrected chi connectivity index (χ1v) is 17.3. The van der Waals surface area contributed by atoms with Crippen molar-refractivity contribution in [3.8, 4) is 22.5 Å². The van der Waals surface area contributed by atoms with E-state index in [4.69, 9.17) is 0 Å². The summed E-state index contributed by atoms with van der Waals surface area (Å²) in [6, 6.07) is 66.8. The number of aromatic nitrogens is 2. The Morgan fingerprint density at radius 2 is 0.820 bits per heavy atom. The Labute approximate surface area is 288 Å². The Bertz CT molecular complexity index is 3140. The largest absolute Gasteiger partial charge is 0.307 e. The summed E-state index contributed by atoms with van der Waals surface area (Å²) in [5.74, 6) is 0. The van der Waals surface area contributed by atoms with Crippen LogP contribution in [0.15, 0.2) is 182 Å². The molecule has 0 aliphatic carbocycles. The van der Waals surface area contributed by atoms with E-state index >= 15 is 0 Å². The van der Waals surface area contributed by atoms with Crippen LogP contribution in [0.3, 0.4) is 0 Å². The highest BCUT2D eigenvalue weighted by Crippen LogP contribution is 2.43. The van der Waals surface area contributed by atoms with Gasteiger partial charge in [-0.3, -0.25) is 0 Å². The summed E-state index contributed by atoms with van der Waals surface area (Å²) >= 11 is 0. The second kappa shape index (κ2) is 10.4. The summed E-state index contributed by atoms with van der Waals surface area (Å²) in [7, 11) is 0. The van der Waals surface area contributed by atoms with E-state index in [0.717, 1.165) is 5.69 Å². The molecule has 0 aliphatic rings. The molecule has 50 heavy (non-hydrogen) atoms. The summed E-state index contributed by atoms with van der Waals surface area (Å²) in [6.07, 6.45) is 0. The maximum atomic E-state index is 2.50. The minimum Gasteiger partial charge on any atom is -0.307 e. The van der Waals surface area contributed by atoms with Crippen LogP contribution in [-0.2, 0) is 0 Å². The van der Waals surface area contributed by atoms with Crippen molar-refractivity contribution in [1.82, 2.24) is 9.13 Å². The lowest BCUT2D eigenvalue weighted by Crippen LogP contribution is -2.00. The molecule has 0 saturated heterocycles. The first kappa shape index (κ1) is 27.3. The van der Waals surface area contributed by atoms with Gasteiger partial charge in [0.2, 0.25) is 0 Å². The Hall–Kier alpha value is -6.64. The lowest BCUT2D eigenvalue weighted by molar-refractivity contribution is 1.15. The maximum absolute atomic E-state index is 2.50. The molecule has 2 nitrogen and oxygen atoms in total. The molecule has 232 valence electrons. The fourth-order valence-corrected chi connectivity index (χ4v) is 8.51. The molecule has 0 saturated carbocycles. The van der Waals surface area contributed by atoms with Crippen LogP contribution in [-0.4, -0.2) is 9.13 Å². The Kier molecular flexibility index (Phi) is 5.70. The van der Waals surface area contributed by atoms with E-state index in [1.54, 1.807) is 0 Å². The molecule has 11 aromatic rings.